The molecule has 0 radical (unpaired) electrons. The van der Waals surface area contributed by atoms with Gasteiger partial charge in [-0.15, -0.1) is 0 Å². The molecular weight excluding hydrogens is 760 g/mol. The summed E-state index contributed by atoms with van der Waals surface area (Å²) in [5.74, 6) is -2.06. The van der Waals surface area contributed by atoms with Crippen LogP contribution in [0.15, 0.2) is 71.9 Å². The van der Waals surface area contributed by atoms with Gasteiger partial charge in [0.25, 0.3) is 11.8 Å². The van der Waals surface area contributed by atoms with Crippen molar-refractivity contribution in [1.29, 1.82) is 0 Å². The zero-order valence-corrected chi connectivity index (χ0v) is 33.5. The van der Waals surface area contributed by atoms with Gasteiger partial charge in [0.1, 0.15) is 11.9 Å². The lowest BCUT2D eigenvalue weighted by Crippen LogP contribution is -2.49. The molecule has 2 amide bonds. The fourth-order valence-corrected chi connectivity index (χ4v) is 8.09. The topological polar surface area (TPSA) is 148 Å². The molecule has 3 aromatic carbocycles. The molecule has 3 aliphatic heterocycles. The standard InChI is InChI=1S/C45H53FN4O9/c1-55-23-24-57-27-28-58-26-25-56-22-21-49-18-15-31(16-19-49)34-7-3-9-37-36(34)17-20-50(42(37)43(51)47-33-13-11-32(12-14-33)45(53)54)44(52)40-29-39(48-59-40)38-10-4-8-35(41(38)46)30-5-2-6-30/h3-4,7-15,30,40,42H,2,5-6,16-29H2,1H3,(H,47,51)(H,53,54)/t40-,42+/m1/s1. The number of ether oxygens (including phenoxy) is 4. The number of amides is 2. The van der Waals surface area contributed by atoms with E-state index in [9.17, 15) is 19.5 Å². The highest BCUT2D eigenvalue weighted by molar-refractivity contribution is 6.05. The summed E-state index contributed by atoms with van der Waals surface area (Å²) in [4.78, 5) is 49.8. The number of benzene rings is 3. The molecule has 14 heteroatoms. The number of aromatic carboxylic acids is 1. The van der Waals surface area contributed by atoms with Crippen LogP contribution in [0.3, 0.4) is 0 Å². The van der Waals surface area contributed by atoms with Crippen molar-refractivity contribution in [2.75, 3.05) is 84.9 Å². The number of anilines is 1. The van der Waals surface area contributed by atoms with Crippen LogP contribution in [-0.4, -0.2) is 124 Å². The number of nitrogens with one attached hydrogen (secondary N) is 1. The van der Waals surface area contributed by atoms with Crippen molar-refractivity contribution in [2.45, 2.75) is 56.6 Å². The number of carbonyl (C=O) groups excluding carboxylic acids is 2. The number of fused-ring (bicyclic) bond motifs is 1. The second-order valence-corrected chi connectivity index (χ2v) is 15.2. The van der Waals surface area contributed by atoms with Crippen molar-refractivity contribution in [2.24, 2.45) is 5.16 Å². The van der Waals surface area contributed by atoms with Crippen LogP contribution in [0.25, 0.3) is 5.57 Å². The summed E-state index contributed by atoms with van der Waals surface area (Å²) in [6.07, 6.45) is 5.59. The fourth-order valence-electron chi connectivity index (χ4n) is 8.09. The first-order valence-electron chi connectivity index (χ1n) is 20.5. The maximum absolute atomic E-state index is 15.7. The van der Waals surface area contributed by atoms with Crippen LogP contribution in [0.2, 0.25) is 0 Å². The van der Waals surface area contributed by atoms with Gasteiger partial charge in [-0.1, -0.05) is 54.1 Å². The predicted octanol–water partition coefficient (Wildman–Crippen LogP) is 5.83. The van der Waals surface area contributed by atoms with E-state index in [0.29, 0.717) is 80.8 Å². The molecule has 1 aliphatic carbocycles. The Hall–Kier alpha value is -4.99. The number of hydrogen-bond donors (Lipinski definition) is 2. The van der Waals surface area contributed by atoms with Gasteiger partial charge in [-0.05, 0) is 83.7 Å². The molecule has 0 spiro atoms. The molecule has 1 saturated carbocycles. The SMILES string of the molecule is COCCOCCOCCOCCN1CC=C(c2cccc3c2CCN(C(=O)[C@H]2CC(c4cccc(C5CCC5)c4F)=NO2)[C@@H]3C(=O)Nc2ccc(C(=O)O)cc2)CC1. The summed E-state index contributed by atoms with van der Waals surface area (Å²) < 4.78 is 37.4. The van der Waals surface area contributed by atoms with Crippen molar-refractivity contribution in [1.82, 2.24) is 9.80 Å². The average Bonchev–Trinajstić information content (AvgIpc) is 3.72. The fraction of sp³-hybridized carbons (Fsp3) is 0.467. The molecule has 3 aromatic rings. The summed E-state index contributed by atoms with van der Waals surface area (Å²) in [7, 11) is 1.64. The van der Waals surface area contributed by atoms with Crippen LogP contribution in [0.5, 0.6) is 0 Å². The summed E-state index contributed by atoms with van der Waals surface area (Å²) in [5, 5.41) is 16.5. The Morgan fingerprint density at radius 3 is 2.22 bits per heavy atom. The van der Waals surface area contributed by atoms with Crippen molar-refractivity contribution >= 4 is 34.8 Å². The van der Waals surface area contributed by atoms with Gasteiger partial charge in [0.2, 0.25) is 6.10 Å². The van der Waals surface area contributed by atoms with E-state index in [1.165, 1.54) is 34.7 Å². The van der Waals surface area contributed by atoms with Crippen LogP contribution in [0.1, 0.15) is 82.2 Å². The number of methoxy groups -OCH3 is 1. The maximum atomic E-state index is 15.7. The lowest BCUT2D eigenvalue weighted by atomic mass is 9.79. The van der Waals surface area contributed by atoms with E-state index >= 15 is 4.39 Å². The van der Waals surface area contributed by atoms with Gasteiger partial charge in [0.15, 0.2) is 0 Å². The first-order valence-corrected chi connectivity index (χ1v) is 20.5. The monoisotopic (exact) mass is 812 g/mol. The molecule has 2 N–H and O–H groups in total. The van der Waals surface area contributed by atoms with Crippen LogP contribution in [0, 0.1) is 5.82 Å². The lowest BCUT2D eigenvalue weighted by Gasteiger charge is -2.38. The van der Waals surface area contributed by atoms with Crippen molar-refractivity contribution in [3.8, 4) is 0 Å². The quantitative estimate of drug-likeness (QED) is 0.142. The molecule has 0 aromatic heterocycles. The number of hydrogen-bond acceptors (Lipinski definition) is 10. The van der Waals surface area contributed by atoms with Gasteiger partial charge in [-0.3, -0.25) is 14.5 Å². The van der Waals surface area contributed by atoms with E-state index in [0.717, 1.165) is 56.4 Å². The Bertz CT molecular complexity index is 2020. The minimum Gasteiger partial charge on any atom is -0.478 e. The predicted molar refractivity (Wildman–Crippen MR) is 219 cm³/mol. The number of oxime groups is 1. The van der Waals surface area contributed by atoms with Crippen LogP contribution in [-0.2, 0) is 39.8 Å². The van der Waals surface area contributed by atoms with E-state index < -0.39 is 29.9 Å². The number of rotatable bonds is 19. The van der Waals surface area contributed by atoms with Gasteiger partial charge in [0.05, 0.1) is 57.5 Å². The molecule has 3 heterocycles. The van der Waals surface area contributed by atoms with Gasteiger partial charge in [-0.2, -0.15) is 0 Å². The van der Waals surface area contributed by atoms with Gasteiger partial charge < -0.3 is 39.1 Å². The molecule has 314 valence electrons. The van der Waals surface area contributed by atoms with Crippen molar-refractivity contribution < 1.29 is 47.7 Å². The smallest absolute Gasteiger partial charge is 0.335 e. The third-order valence-corrected chi connectivity index (χ3v) is 11.5. The van der Waals surface area contributed by atoms with E-state index in [-0.39, 0.29) is 30.3 Å². The molecule has 7 rings (SSSR count). The van der Waals surface area contributed by atoms with Crippen LogP contribution in [0.4, 0.5) is 10.1 Å². The zero-order chi connectivity index (χ0) is 41.1. The lowest BCUT2D eigenvalue weighted by molar-refractivity contribution is -0.148. The largest absolute Gasteiger partial charge is 0.478 e. The van der Waals surface area contributed by atoms with E-state index in [2.05, 4.69) is 27.5 Å². The minimum atomic E-state index is -1.08. The molecule has 1 fully saturated rings. The number of nitrogens with zero attached hydrogens (tertiary/aromatic N) is 3. The van der Waals surface area contributed by atoms with Crippen LogP contribution >= 0.6 is 0 Å². The Kier molecular flexibility index (Phi) is 14.5. The average molecular weight is 813 g/mol. The second kappa shape index (κ2) is 20.3. The van der Waals surface area contributed by atoms with Crippen LogP contribution < -0.4 is 5.32 Å². The molecule has 0 saturated heterocycles. The summed E-state index contributed by atoms with van der Waals surface area (Å²) in [6.45, 7) is 6.41. The second-order valence-electron chi connectivity index (χ2n) is 15.2. The molecule has 59 heavy (non-hydrogen) atoms. The Morgan fingerprint density at radius 1 is 0.864 bits per heavy atom. The summed E-state index contributed by atoms with van der Waals surface area (Å²) in [6, 6.07) is 16.1. The third kappa shape index (κ3) is 10.2. The van der Waals surface area contributed by atoms with E-state index in [1.807, 2.05) is 24.3 Å². The number of carbonyl (C=O) groups is 3. The highest BCUT2D eigenvalue weighted by Gasteiger charge is 2.42. The minimum absolute atomic E-state index is 0.0750. The molecule has 0 bridgehead atoms. The van der Waals surface area contributed by atoms with Crippen molar-refractivity contribution in [3.05, 3.63) is 106 Å². The number of carboxylic acid groups (broad SMARTS) is 1. The maximum Gasteiger partial charge on any atom is 0.335 e. The van der Waals surface area contributed by atoms with Gasteiger partial charge >= 0.3 is 5.97 Å². The third-order valence-electron chi connectivity index (χ3n) is 11.5. The molecular formula is C45H53FN4O9. The number of carboxylic acids is 1. The van der Waals surface area contributed by atoms with E-state index in [1.54, 1.807) is 13.2 Å². The molecule has 4 aliphatic rings. The first kappa shape index (κ1) is 42.1. The van der Waals surface area contributed by atoms with Crippen molar-refractivity contribution in [3.63, 3.8) is 0 Å². The van der Waals surface area contributed by atoms with E-state index in [4.69, 9.17) is 23.8 Å². The molecule has 0 unspecified atom stereocenters. The Morgan fingerprint density at radius 2 is 1.56 bits per heavy atom. The van der Waals surface area contributed by atoms with Gasteiger partial charge in [0, 0.05) is 51.0 Å². The normalized spacial score (nSPS) is 19.3. The Labute approximate surface area is 344 Å². The first-order chi connectivity index (χ1) is 28.8. The zero-order valence-electron chi connectivity index (χ0n) is 33.5. The highest BCUT2D eigenvalue weighted by atomic mass is 19.1. The number of halogens is 1. The molecule has 13 nitrogen and oxygen atoms in total. The Balaban J connectivity index is 1.02. The molecule has 2 atom stereocenters. The van der Waals surface area contributed by atoms with Gasteiger partial charge in [-0.25, -0.2) is 9.18 Å². The summed E-state index contributed by atoms with van der Waals surface area (Å²) in [5.41, 5.74) is 5.82. The highest BCUT2D eigenvalue weighted by Crippen LogP contribution is 2.40. The summed E-state index contributed by atoms with van der Waals surface area (Å²) >= 11 is 0.